The summed E-state index contributed by atoms with van der Waals surface area (Å²) in [7, 11) is 0. The van der Waals surface area contributed by atoms with Crippen molar-refractivity contribution in [1.29, 1.82) is 0 Å². The minimum absolute atomic E-state index is 0.291. The summed E-state index contributed by atoms with van der Waals surface area (Å²) in [5.41, 5.74) is 1.10. The van der Waals surface area contributed by atoms with Crippen molar-refractivity contribution in [3.8, 4) is 0 Å². The van der Waals surface area contributed by atoms with Gasteiger partial charge in [-0.25, -0.2) is 4.79 Å². The summed E-state index contributed by atoms with van der Waals surface area (Å²) in [4.78, 5) is 11.8. The van der Waals surface area contributed by atoms with Crippen LogP contribution in [0.4, 0.5) is 5.69 Å². The van der Waals surface area contributed by atoms with Crippen molar-refractivity contribution in [2.75, 3.05) is 18.5 Å². The van der Waals surface area contributed by atoms with Gasteiger partial charge in [-0.05, 0) is 45.0 Å². The van der Waals surface area contributed by atoms with E-state index in [9.17, 15) is 4.79 Å². The molecule has 2 rings (SSSR count). The van der Waals surface area contributed by atoms with Gasteiger partial charge in [0, 0.05) is 5.69 Å². The fraction of sp³-hybridized carbons (Fsp3) is 0.500. The SMILES string of the molecule is CC(C)(C)OC(=O)c1ccc(NC2COC2)cc1. The molecule has 0 amide bonds. The molecule has 0 spiro atoms. The quantitative estimate of drug-likeness (QED) is 0.836. The van der Waals surface area contributed by atoms with E-state index in [0.717, 1.165) is 18.9 Å². The van der Waals surface area contributed by atoms with Gasteiger partial charge < -0.3 is 14.8 Å². The molecule has 1 fully saturated rings. The molecule has 1 heterocycles. The molecule has 1 aliphatic heterocycles. The van der Waals surface area contributed by atoms with Gasteiger partial charge in [0.05, 0.1) is 24.8 Å². The Morgan fingerprint density at radius 1 is 1.28 bits per heavy atom. The second kappa shape index (κ2) is 4.98. The van der Waals surface area contributed by atoms with Gasteiger partial charge in [-0.1, -0.05) is 0 Å². The van der Waals surface area contributed by atoms with Crippen LogP contribution in [0.25, 0.3) is 0 Å². The van der Waals surface area contributed by atoms with E-state index in [1.807, 2.05) is 32.9 Å². The maximum absolute atomic E-state index is 11.8. The molecular formula is C14H19NO3. The molecule has 4 nitrogen and oxygen atoms in total. The maximum Gasteiger partial charge on any atom is 0.338 e. The predicted octanol–water partition coefficient (Wildman–Crippen LogP) is 2.45. The van der Waals surface area contributed by atoms with Crippen molar-refractivity contribution in [1.82, 2.24) is 0 Å². The molecule has 0 aliphatic carbocycles. The summed E-state index contributed by atoms with van der Waals surface area (Å²) in [5, 5.41) is 3.32. The van der Waals surface area contributed by atoms with Crippen LogP contribution in [-0.4, -0.2) is 30.8 Å². The van der Waals surface area contributed by atoms with Crippen molar-refractivity contribution < 1.29 is 14.3 Å². The third-order valence-electron chi connectivity index (χ3n) is 2.53. The molecule has 0 aromatic heterocycles. The average molecular weight is 249 g/mol. The van der Waals surface area contributed by atoms with E-state index in [1.54, 1.807) is 12.1 Å². The highest BCUT2D eigenvalue weighted by Gasteiger charge is 2.19. The molecule has 1 aromatic carbocycles. The summed E-state index contributed by atoms with van der Waals surface area (Å²) < 4.78 is 10.4. The number of carbonyl (C=O) groups excluding carboxylic acids is 1. The fourth-order valence-electron chi connectivity index (χ4n) is 1.59. The second-order valence-electron chi connectivity index (χ2n) is 5.46. The number of rotatable bonds is 3. The Morgan fingerprint density at radius 3 is 2.33 bits per heavy atom. The smallest absolute Gasteiger partial charge is 0.338 e. The van der Waals surface area contributed by atoms with Crippen molar-refractivity contribution in [3.05, 3.63) is 29.8 Å². The topological polar surface area (TPSA) is 47.6 Å². The van der Waals surface area contributed by atoms with E-state index in [-0.39, 0.29) is 5.97 Å². The summed E-state index contributed by atoms with van der Waals surface area (Å²) in [6.45, 7) is 7.06. The lowest BCUT2D eigenvalue weighted by Gasteiger charge is -2.27. The zero-order valence-corrected chi connectivity index (χ0v) is 11.0. The minimum Gasteiger partial charge on any atom is -0.456 e. The lowest BCUT2D eigenvalue weighted by molar-refractivity contribution is 0.00694. The van der Waals surface area contributed by atoms with Gasteiger partial charge >= 0.3 is 5.97 Å². The first-order valence-corrected chi connectivity index (χ1v) is 6.12. The van der Waals surface area contributed by atoms with Gasteiger partial charge in [0.15, 0.2) is 0 Å². The highest BCUT2D eigenvalue weighted by atomic mass is 16.6. The van der Waals surface area contributed by atoms with Gasteiger partial charge in [0.2, 0.25) is 0 Å². The number of ether oxygens (including phenoxy) is 2. The van der Waals surface area contributed by atoms with Crippen LogP contribution in [0.15, 0.2) is 24.3 Å². The molecule has 0 radical (unpaired) electrons. The van der Waals surface area contributed by atoms with E-state index in [2.05, 4.69) is 5.32 Å². The molecule has 0 unspecified atom stereocenters. The Bertz CT molecular complexity index is 416. The zero-order valence-electron chi connectivity index (χ0n) is 11.0. The van der Waals surface area contributed by atoms with Crippen molar-refractivity contribution >= 4 is 11.7 Å². The second-order valence-corrected chi connectivity index (χ2v) is 5.46. The molecule has 98 valence electrons. The lowest BCUT2D eigenvalue weighted by atomic mass is 10.1. The van der Waals surface area contributed by atoms with Crippen molar-refractivity contribution in [3.63, 3.8) is 0 Å². The highest BCUT2D eigenvalue weighted by molar-refractivity contribution is 5.90. The summed E-state index contributed by atoms with van der Waals surface area (Å²) in [5.74, 6) is -0.291. The molecule has 1 N–H and O–H groups in total. The van der Waals surface area contributed by atoms with E-state index in [4.69, 9.17) is 9.47 Å². The van der Waals surface area contributed by atoms with Crippen LogP contribution in [0.1, 0.15) is 31.1 Å². The first kappa shape index (κ1) is 12.9. The Balaban J connectivity index is 1.96. The first-order valence-electron chi connectivity index (χ1n) is 6.12. The average Bonchev–Trinajstić information content (AvgIpc) is 2.22. The number of anilines is 1. The summed E-state index contributed by atoms with van der Waals surface area (Å²) >= 11 is 0. The first-order chi connectivity index (χ1) is 8.44. The normalized spacial score (nSPS) is 15.9. The number of benzene rings is 1. The number of hydrogen-bond donors (Lipinski definition) is 1. The largest absolute Gasteiger partial charge is 0.456 e. The third kappa shape index (κ3) is 3.47. The molecule has 18 heavy (non-hydrogen) atoms. The molecular weight excluding hydrogens is 230 g/mol. The van der Waals surface area contributed by atoms with Crippen LogP contribution < -0.4 is 5.32 Å². The molecule has 1 aromatic rings. The number of hydrogen-bond acceptors (Lipinski definition) is 4. The third-order valence-corrected chi connectivity index (χ3v) is 2.53. The number of carbonyl (C=O) groups is 1. The predicted molar refractivity (Wildman–Crippen MR) is 69.8 cm³/mol. The van der Waals surface area contributed by atoms with Crippen LogP contribution in [0.3, 0.4) is 0 Å². The van der Waals surface area contributed by atoms with Crippen LogP contribution in [0.2, 0.25) is 0 Å². The Morgan fingerprint density at radius 2 is 1.89 bits per heavy atom. The number of nitrogens with one attached hydrogen (secondary N) is 1. The maximum atomic E-state index is 11.8. The Hall–Kier alpha value is -1.55. The summed E-state index contributed by atoms with van der Waals surface area (Å²) in [6, 6.07) is 7.71. The van der Waals surface area contributed by atoms with Gasteiger partial charge in [0.1, 0.15) is 5.60 Å². The van der Waals surface area contributed by atoms with E-state index in [1.165, 1.54) is 0 Å². The standard InChI is InChI=1S/C14H19NO3/c1-14(2,3)18-13(16)10-4-6-11(7-5-10)15-12-8-17-9-12/h4-7,12,15H,8-9H2,1-3H3. The van der Waals surface area contributed by atoms with E-state index < -0.39 is 5.60 Å². The lowest BCUT2D eigenvalue weighted by Crippen LogP contribution is -2.40. The van der Waals surface area contributed by atoms with Gasteiger partial charge in [0.25, 0.3) is 0 Å². The van der Waals surface area contributed by atoms with Crippen LogP contribution in [0, 0.1) is 0 Å². The van der Waals surface area contributed by atoms with Crippen molar-refractivity contribution in [2.45, 2.75) is 32.4 Å². The van der Waals surface area contributed by atoms with E-state index in [0.29, 0.717) is 11.6 Å². The fourth-order valence-corrected chi connectivity index (χ4v) is 1.59. The van der Waals surface area contributed by atoms with Gasteiger partial charge in [-0.15, -0.1) is 0 Å². The van der Waals surface area contributed by atoms with Gasteiger partial charge in [-0.3, -0.25) is 0 Å². The van der Waals surface area contributed by atoms with Crippen LogP contribution >= 0.6 is 0 Å². The van der Waals surface area contributed by atoms with Gasteiger partial charge in [-0.2, -0.15) is 0 Å². The Kier molecular flexibility index (Phi) is 3.57. The molecule has 4 heteroatoms. The summed E-state index contributed by atoms with van der Waals surface area (Å²) in [6.07, 6.45) is 0. The van der Waals surface area contributed by atoms with Crippen molar-refractivity contribution in [2.24, 2.45) is 0 Å². The Labute approximate surface area is 107 Å². The molecule has 0 bridgehead atoms. The van der Waals surface area contributed by atoms with E-state index >= 15 is 0 Å². The molecule has 0 atom stereocenters. The molecule has 0 saturated carbocycles. The molecule has 1 aliphatic rings. The van der Waals surface area contributed by atoms with Crippen LogP contribution in [0.5, 0.6) is 0 Å². The number of esters is 1. The van der Waals surface area contributed by atoms with Crippen LogP contribution in [-0.2, 0) is 9.47 Å². The monoisotopic (exact) mass is 249 g/mol. The minimum atomic E-state index is -0.461. The molecule has 1 saturated heterocycles. The highest BCUT2D eigenvalue weighted by Crippen LogP contribution is 2.16. The zero-order chi connectivity index (χ0) is 13.2.